The summed E-state index contributed by atoms with van der Waals surface area (Å²) in [6, 6.07) is 2.41. The molecule has 0 amide bonds. The highest BCUT2D eigenvalue weighted by Gasteiger charge is 2.40. The van der Waals surface area contributed by atoms with E-state index in [0.29, 0.717) is 0 Å². The number of nitro benzene ring substituents is 1. The average molecular weight is 310 g/mol. The Morgan fingerprint density at radius 3 is 2.14 bits per heavy atom. The molecule has 1 aromatic heterocycles. The number of rotatable bonds is 1. The third-order valence-electron chi connectivity index (χ3n) is 2.61. The van der Waals surface area contributed by atoms with Gasteiger partial charge in [0.05, 0.1) is 10.5 Å². The van der Waals surface area contributed by atoms with Gasteiger partial charge < -0.3 is 0 Å². The first-order valence-corrected chi connectivity index (χ1v) is 5.24. The van der Waals surface area contributed by atoms with Crippen molar-refractivity contribution in [3.05, 3.63) is 45.6 Å². The maximum Gasteiger partial charge on any atom is 0.433 e. The minimum Gasteiger partial charge on any atom is -0.258 e. The molecule has 0 fully saturated rings. The number of benzene rings is 1. The number of alkyl halides is 6. The van der Waals surface area contributed by atoms with Crippen LogP contribution in [0.4, 0.5) is 32.0 Å². The summed E-state index contributed by atoms with van der Waals surface area (Å²) in [6.07, 6.45) is -10.3. The van der Waals surface area contributed by atoms with Gasteiger partial charge in [-0.15, -0.1) is 0 Å². The number of nitro groups is 1. The topological polar surface area (TPSA) is 56.0 Å². The lowest BCUT2D eigenvalue weighted by molar-refractivity contribution is -0.383. The van der Waals surface area contributed by atoms with Crippen LogP contribution in [0.2, 0.25) is 0 Å². The molecule has 0 N–H and O–H groups in total. The second kappa shape index (κ2) is 4.57. The Bertz CT molecular complexity index is 723. The fraction of sp³-hybridized carbons (Fsp3) is 0.182. The minimum atomic E-state index is -5.15. The summed E-state index contributed by atoms with van der Waals surface area (Å²) in [7, 11) is 0. The van der Waals surface area contributed by atoms with Crippen LogP contribution in [0.15, 0.2) is 24.3 Å². The summed E-state index contributed by atoms with van der Waals surface area (Å²) in [5.74, 6) is 0. The van der Waals surface area contributed by atoms with Crippen molar-refractivity contribution in [2.24, 2.45) is 0 Å². The van der Waals surface area contributed by atoms with Crippen molar-refractivity contribution >= 4 is 16.6 Å². The van der Waals surface area contributed by atoms with Gasteiger partial charge in [0.25, 0.3) is 5.69 Å². The summed E-state index contributed by atoms with van der Waals surface area (Å²) in [5, 5.41) is 9.98. The van der Waals surface area contributed by atoms with Crippen molar-refractivity contribution < 1.29 is 31.3 Å². The van der Waals surface area contributed by atoms with Gasteiger partial charge in [-0.25, -0.2) is 4.98 Å². The van der Waals surface area contributed by atoms with Crippen LogP contribution in [0.5, 0.6) is 0 Å². The Labute approximate surface area is 112 Å². The molecule has 21 heavy (non-hydrogen) atoms. The molecule has 1 aromatic carbocycles. The molecule has 0 aliphatic carbocycles. The van der Waals surface area contributed by atoms with Crippen molar-refractivity contribution in [3.63, 3.8) is 0 Å². The van der Waals surface area contributed by atoms with Gasteiger partial charge in [0, 0.05) is 11.5 Å². The minimum absolute atomic E-state index is 0.161. The molecule has 0 aliphatic rings. The zero-order valence-electron chi connectivity index (χ0n) is 9.79. The molecule has 0 aliphatic heterocycles. The zero-order chi connectivity index (χ0) is 16.0. The van der Waals surface area contributed by atoms with E-state index in [-0.39, 0.29) is 6.07 Å². The number of non-ortho nitro benzene ring substituents is 1. The van der Waals surface area contributed by atoms with E-state index in [4.69, 9.17) is 0 Å². The van der Waals surface area contributed by atoms with Crippen LogP contribution in [0.25, 0.3) is 10.9 Å². The summed E-state index contributed by atoms with van der Waals surface area (Å²) in [5.41, 5.74) is -5.34. The van der Waals surface area contributed by atoms with Crippen LogP contribution in [0, 0.1) is 10.1 Å². The van der Waals surface area contributed by atoms with Crippen LogP contribution >= 0.6 is 0 Å². The molecule has 0 atom stereocenters. The van der Waals surface area contributed by atoms with E-state index in [1.165, 1.54) is 0 Å². The summed E-state index contributed by atoms with van der Waals surface area (Å²) < 4.78 is 76.4. The molecular formula is C11H4F6N2O2. The number of fused-ring (bicyclic) bond motifs is 1. The fourth-order valence-electron chi connectivity index (χ4n) is 1.76. The fourth-order valence-corrected chi connectivity index (χ4v) is 1.76. The first-order valence-electron chi connectivity index (χ1n) is 5.24. The summed E-state index contributed by atoms with van der Waals surface area (Å²) in [4.78, 5) is 12.6. The number of para-hydroxylation sites is 1. The van der Waals surface area contributed by atoms with Gasteiger partial charge in [-0.3, -0.25) is 10.1 Å². The number of hydrogen-bond donors (Lipinski definition) is 0. The van der Waals surface area contributed by atoms with E-state index in [1.54, 1.807) is 0 Å². The molecule has 0 saturated carbocycles. The van der Waals surface area contributed by atoms with E-state index in [1.807, 2.05) is 0 Å². The Hall–Kier alpha value is -2.39. The van der Waals surface area contributed by atoms with Gasteiger partial charge in [0.15, 0.2) is 0 Å². The number of halogens is 6. The van der Waals surface area contributed by atoms with Crippen molar-refractivity contribution in [1.29, 1.82) is 0 Å². The normalized spacial score (nSPS) is 12.7. The van der Waals surface area contributed by atoms with Crippen molar-refractivity contribution in [2.75, 3.05) is 0 Å². The highest BCUT2D eigenvalue weighted by Crippen LogP contribution is 2.40. The van der Waals surface area contributed by atoms with Crippen LogP contribution in [0.1, 0.15) is 11.3 Å². The number of aromatic nitrogens is 1. The first kappa shape index (κ1) is 15.0. The summed E-state index contributed by atoms with van der Waals surface area (Å²) in [6.45, 7) is 0. The third-order valence-corrected chi connectivity index (χ3v) is 2.61. The van der Waals surface area contributed by atoms with Gasteiger partial charge in [0.1, 0.15) is 11.2 Å². The molecule has 0 bridgehead atoms. The van der Waals surface area contributed by atoms with Crippen molar-refractivity contribution in [2.45, 2.75) is 12.4 Å². The Morgan fingerprint density at radius 1 is 1.05 bits per heavy atom. The number of pyridine rings is 1. The maximum atomic E-state index is 12.9. The van der Waals surface area contributed by atoms with E-state index in [2.05, 4.69) is 4.98 Å². The lowest BCUT2D eigenvalue weighted by Crippen LogP contribution is -2.14. The molecule has 112 valence electrons. The number of nitrogens with zero attached hydrogens (tertiary/aromatic N) is 2. The van der Waals surface area contributed by atoms with Crippen LogP contribution in [-0.4, -0.2) is 9.91 Å². The standard InChI is InChI=1S/C11H4F6N2O2/c12-10(13,14)6-4-8(11(15,16)17)18-9-5(6)2-1-3-7(9)19(20)21/h1-4H. The van der Waals surface area contributed by atoms with E-state index >= 15 is 0 Å². The zero-order valence-corrected chi connectivity index (χ0v) is 9.79. The summed E-state index contributed by atoms with van der Waals surface area (Å²) >= 11 is 0. The van der Waals surface area contributed by atoms with Gasteiger partial charge in [-0.05, 0) is 6.07 Å². The van der Waals surface area contributed by atoms with Gasteiger partial charge in [-0.1, -0.05) is 12.1 Å². The van der Waals surface area contributed by atoms with Crippen LogP contribution in [-0.2, 0) is 12.4 Å². The van der Waals surface area contributed by atoms with E-state index in [9.17, 15) is 36.5 Å². The third kappa shape index (κ3) is 2.73. The number of hydrogen-bond acceptors (Lipinski definition) is 3. The first-order chi connectivity index (χ1) is 9.51. The Morgan fingerprint density at radius 2 is 1.67 bits per heavy atom. The molecular weight excluding hydrogens is 306 g/mol. The van der Waals surface area contributed by atoms with Gasteiger partial charge in [0.2, 0.25) is 0 Å². The quantitative estimate of drug-likeness (QED) is 0.451. The molecule has 10 heteroatoms. The molecule has 2 aromatic rings. The highest BCUT2D eigenvalue weighted by molar-refractivity contribution is 5.90. The van der Waals surface area contributed by atoms with Crippen molar-refractivity contribution in [3.8, 4) is 0 Å². The van der Waals surface area contributed by atoms with Crippen LogP contribution in [0.3, 0.4) is 0 Å². The Kier molecular flexibility index (Phi) is 3.27. The molecule has 0 spiro atoms. The second-order valence-electron chi connectivity index (χ2n) is 3.98. The largest absolute Gasteiger partial charge is 0.433 e. The average Bonchev–Trinajstić information content (AvgIpc) is 2.34. The van der Waals surface area contributed by atoms with Gasteiger partial charge >= 0.3 is 12.4 Å². The lowest BCUT2D eigenvalue weighted by atomic mass is 10.1. The maximum absolute atomic E-state index is 12.9. The van der Waals surface area contributed by atoms with Crippen LogP contribution < -0.4 is 0 Å². The molecule has 2 rings (SSSR count). The molecule has 0 radical (unpaired) electrons. The predicted octanol–water partition coefficient (Wildman–Crippen LogP) is 4.18. The molecule has 4 nitrogen and oxygen atoms in total. The van der Waals surface area contributed by atoms with E-state index in [0.717, 1.165) is 18.2 Å². The lowest BCUT2D eigenvalue weighted by Gasteiger charge is -2.13. The molecule has 0 saturated heterocycles. The van der Waals surface area contributed by atoms with Gasteiger partial charge in [-0.2, -0.15) is 26.3 Å². The smallest absolute Gasteiger partial charge is 0.258 e. The Balaban J connectivity index is 2.95. The van der Waals surface area contributed by atoms with Crippen molar-refractivity contribution in [1.82, 2.24) is 4.98 Å². The second-order valence-corrected chi connectivity index (χ2v) is 3.98. The predicted molar refractivity (Wildman–Crippen MR) is 58.4 cm³/mol. The molecule has 1 heterocycles. The van der Waals surface area contributed by atoms with E-state index < -0.39 is 45.1 Å². The SMILES string of the molecule is O=[N+]([O-])c1cccc2c(C(F)(F)F)cc(C(F)(F)F)nc12. The molecule has 0 unspecified atom stereocenters. The monoisotopic (exact) mass is 310 g/mol. The highest BCUT2D eigenvalue weighted by atomic mass is 19.4.